The standard InChI is InChI=1S/C39H37N7O5/c1-39(2,25-4-9-29(10-5-25)50-31-13-15-35(40-22-31)46-41-17-18-42-46)26-6-11-30(12-7-26)51-32-19-28(20-32)43-27-8-3-24-23-45(38(49)33(24)21-27)34-14-16-36(47)44-37(34)48/h3-13,15,17-18,21-22,28,32,34,43H,14,16,19-20,23H2,1-2H3,(H,44,47,48). The van der Waals surface area contributed by atoms with Crippen molar-refractivity contribution in [2.24, 2.45) is 0 Å². The summed E-state index contributed by atoms with van der Waals surface area (Å²) < 4.78 is 12.3. The number of nitrogens with one attached hydrogen (secondary N) is 2. The molecule has 0 radical (unpaired) electrons. The molecule has 2 aliphatic heterocycles. The van der Waals surface area contributed by atoms with Crippen LogP contribution >= 0.6 is 0 Å². The Morgan fingerprint density at radius 2 is 1.53 bits per heavy atom. The first kappa shape index (κ1) is 32.2. The molecule has 2 N–H and O–H groups in total. The summed E-state index contributed by atoms with van der Waals surface area (Å²) in [5.74, 6) is 1.94. The molecule has 1 unspecified atom stereocenters. The van der Waals surface area contributed by atoms with Crippen molar-refractivity contribution in [1.29, 1.82) is 0 Å². The highest BCUT2D eigenvalue weighted by Gasteiger charge is 2.39. The maximum Gasteiger partial charge on any atom is 0.255 e. The number of carbonyl (C=O) groups excluding carboxylic acids is 3. The molecule has 12 nitrogen and oxygen atoms in total. The predicted octanol–water partition coefficient (Wildman–Crippen LogP) is 5.56. The van der Waals surface area contributed by atoms with E-state index in [0.717, 1.165) is 41.2 Å². The predicted molar refractivity (Wildman–Crippen MR) is 188 cm³/mol. The Kier molecular flexibility index (Phi) is 8.21. The van der Waals surface area contributed by atoms with Gasteiger partial charge in [-0.2, -0.15) is 10.2 Å². The molecule has 258 valence electrons. The highest BCUT2D eigenvalue weighted by Crippen LogP contribution is 2.36. The summed E-state index contributed by atoms with van der Waals surface area (Å²) in [6.45, 7) is 4.77. The average Bonchev–Trinajstić information content (AvgIpc) is 3.77. The number of aromatic nitrogens is 4. The van der Waals surface area contributed by atoms with Crippen LogP contribution in [0.4, 0.5) is 5.69 Å². The topological polar surface area (TPSA) is 141 Å². The third-order valence-corrected chi connectivity index (χ3v) is 10.0. The number of piperidine rings is 1. The lowest BCUT2D eigenvalue weighted by Gasteiger charge is -2.36. The van der Waals surface area contributed by atoms with Crippen LogP contribution in [0.2, 0.25) is 0 Å². The van der Waals surface area contributed by atoms with Crippen LogP contribution in [-0.2, 0) is 21.5 Å². The lowest BCUT2D eigenvalue weighted by molar-refractivity contribution is -0.136. The zero-order valence-corrected chi connectivity index (χ0v) is 28.3. The van der Waals surface area contributed by atoms with E-state index in [0.29, 0.717) is 30.1 Å². The maximum atomic E-state index is 13.2. The molecule has 3 amide bonds. The molecular formula is C39H37N7O5. The van der Waals surface area contributed by atoms with E-state index in [1.165, 1.54) is 10.4 Å². The van der Waals surface area contributed by atoms with Gasteiger partial charge >= 0.3 is 0 Å². The molecule has 51 heavy (non-hydrogen) atoms. The molecule has 2 aromatic heterocycles. The van der Waals surface area contributed by atoms with Gasteiger partial charge in [-0.05, 0) is 71.6 Å². The third kappa shape index (κ3) is 6.52. The fourth-order valence-corrected chi connectivity index (χ4v) is 6.93. The SMILES string of the molecule is CC(C)(c1ccc(Oc2ccc(-n3nccn3)nc2)cc1)c1ccc(OC2CC(Nc3ccc4c(c3)C(=O)N(C3CCC(=O)NC3=O)C4)C2)cc1. The van der Waals surface area contributed by atoms with Crippen molar-refractivity contribution < 1.29 is 23.9 Å². The number of rotatable bonds is 10. The molecule has 0 bridgehead atoms. The number of ether oxygens (including phenoxy) is 2. The molecule has 1 atom stereocenters. The van der Waals surface area contributed by atoms with E-state index < -0.39 is 11.9 Å². The van der Waals surface area contributed by atoms with Gasteiger partial charge in [0.2, 0.25) is 11.8 Å². The number of amides is 3. The van der Waals surface area contributed by atoms with Crippen molar-refractivity contribution in [3.8, 4) is 23.1 Å². The summed E-state index contributed by atoms with van der Waals surface area (Å²) in [6, 6.07) is 25.5. The van der Waals surface area contributed by atoms with Crippen molar-refractivity contribution in [2.45, 2.75) is 69.7 Å². The Morgan fingerprint density at radius 3 is 2.20 bits per heavy atom. The number of carbonyl (C=O) groups is 3. The Hall–Kier alpha value is -6.04. The molecule has 5 aromatic rings. The van der Waals surface area contributed by atoms with Crippen molar-refractivity contribution in [3.63, 3.8) is 0 Å². The molecule has 8 rings (SSSR count). The normalized spacial score (nSPS) is 20.0. The molecule has 3 aromatic carbocycles. The van der Waals surface area contributed by atoms with Crippen molar-refractivity contribution >= 4 is 23.4 Å². The van der Waals surface area contributed by atoms with E-state index in [4.69, 9.17) is 9.47 Å². The largest absolute Gasteiger partial charge is 0.490 e. The summed E-state index contributed by atoms with van der Waals surface area (Å²) >= 11 is 0. The minimum atomic E-state index is -0.614. The number of hydrogen-bond acceptors (Lipinski definition) is 9. The molecule has 3 aliphatic rings. The Balaban J connectivity index is 0.822. The van der Waals surface area contributed by atoms with Gasteiger partial charge in [-0.1, -0.05) is 44.2 Å². The first-order valence-electron chi connectivity index (χ1n) is 17.1. The zero-order chi connectivity index (χ0) is 35.1. The molecule has 1 aliphatic carbocycles. The zero-order valence-electron chi connectivity index (χ0n) is 28.3. The van der Waals surface area contributed by atoms with E-state index in [2.05, 4.69) is 63.9 Å². The van der Waals surface area contributed by atoms with Gasteiger partial charge in [-0.3, -0.25) is 19.7 Å². The number of benzene rings is 3. The highest BCUT2D eigenvalue weighted by molar-refractivity contribution is 6.05. The molecule has 1 saturated heterocycles. The Morgan fingerprint density at radius 1 is 0.843 bits per heavy atom. The van der Waals surface area contributed by atoms with Crippen LogP contribution < -0.4 is 20.1 Å². The van der Waals surface area contributed by atoms with Crippen LogP contribution in [0.15, 0.2) is 97.5 Å². The van der Waals surface area contributed by atoms with Crippen molar-refractivity contribution in [3.05, 3.63) is 120 Å². The summed E-state index contributed by atoms with van der Waals surface area (Å²) in [5.41, 5.74) is 4.46. The second-order valence-corrected chi connectivity index (χ2v) is 13.8. The number of nitrogens with zero attached hydrogens (tertiary/aromatic N) is 5. The van der Waals surface area contributed by atoms with E-state index >= 15 is 0 Å². The van der Waals surface area contributed by atoms with Gasteiger partial charge in [0.05, 0.1) is 18.6 Å². The van der Waals surface area contributed by atoms with Gasteiger partial charge in [-0.25, -0.2) is 4.98 Å². The molecule has 2 fully saturated rings. The highest BCUT2D eigenvalue weighted by atomic mass is 16.5. The second kappa shape index (κ2) is 13.0. The number of anilines is 1. The molecule has 4 heterocycles. The van der Waals surface area contributed by atoms with Gasteiger partial charge in [-0.15, -0.1) is 4.80 Å². The fourth-order valence-electron chi connectivity index (χ4n) is 6.93. The number of pyridine rings is 1. The quantitative estimate of drug-likeness (QED) is 0.181. The lowest BCUT2D eigenvalue weighted by Crippen LogP contribution is -2.52. The summed E-state index contributed by atoms with van der Waals surface area (Å²) in [4.78, 5) is 44.5. The van der Waals surface area contributed by atoms with Crippen molar-refractivity contribution in [1.82, 2.24) is 30.2 Å². The van der Waals surface area contributed by atoms with E-state index in [1.807, 2.05) is 54.6 Å². The van der Waals surface area contributed by atoms with E-state index in [1.54, 1.807) is 23.5 Å². The van der Waals surface area contributed by atoms with Crippen molar-refractivity contribution in [2.75, 3.05) is 5.32 Å². The van der Waals surface area contributed by atoms with E-state index in [9.17, 15) is 14.4 Å². The van der Waals surface area contributed by atoms with Crippen LogP contribution in [0.1, 0.15) is 66.6 Å². The Bertz CT molecular complexity index is 2070. The first-order valence-corrected chi connectivity index (χ1v) is 17.1. The summed E-state index contributed by atoms with van der Waals surface area (Å²) in [6.07, 6.45) is 7.24. The maximum absolute atomic E-state index is 13.2. The van der Waals surface area contributed by atoms with Crippen LogP contribution in [-0.4, -0.2) is 60.8 Å². The van der Waals surface area contributed by atoms with Gasteiger partial charge < -0.3 is 19.7 Å². The minimum Gasteiger partial charge on any atom is -0.490 e. The Labute approximate surface area is 294 Å². The van der Waals surface area contributed by atoms with Gasteiger partial charge in [0.1, 0.15) is 29.4 Å². The van der Waals surface area contributed by atoms with Crippen LogP contribution in [0, 0.1) is 0 Å². The third-order valence-electron chi connectivity index (χ3n) is 10.0. The van der Waals surface area contributed by atoms with Crippen LogP contribution in [0.3, 0.4) is 0 Å². The lowest BCUT2D eigenvalue weighted by atomic mass is 9.78. The van der Waals surface area contributed by atoms with Crippen LogP contribution in [0.5, 0.6) is 17.2 Å². The summed E-state index contributed by atoms with van der Waals surface area (Å²) in [5, 5.41) is 14.1. The molecule has 12 heteroatoms. The van der Waals surface area contributed by atoms with Crippen LogP contribution in [0.25, 0.3) is 5.82 Å². The first-order chi connectivity index (χ1) is 24.7. The minimum absolute atomic E-state index is 0.0987. The van der Waals surface area contributed by atoms with Gasteiger partial charge in [0.15, 0.2) is 5.82 Å². The second-order valence-electron chi connectivity index (χ2n) is 13.8. The summed E-state index contributed by atoms with van der Waals surface area (Å²) in [7, 11) is 0. The fraction of sp³-hybridized carbons (Fsp3) is 0.282. The van der Waals surface area contributed by atoms with Gasteiger partial charge in [0, 0.05) is 48.5 Å². The number of imide groups is 1. The number of hydrogen-bond donors (Lipinski definition) is 2. The smallest absolute Gasteiger partial charge is 0.255 e. The number of fused-ring (bicyclic) bond motifs is 1. The average molecular weight is 684 g/mol. The van der Waals surface area contributed by atoms with E-state index in [-0.39, 0.29) is 35.8 Å². The molecule has 1 saturated carbocycles. The molecular weight excluding hydrogens is 646 g/mol. The monoisotopic (exact) mass is 683 g/mol. The van der Waals surface area contributed by atoms with Gasteiger partial charge in [0.25, 0.3) is 5.91 Å². The molecule has 0 spiro atoms.